The summed E-state index contributed by atoms with van der Waals surface area (Å²) in [4.78, 5) is 4.89. The van der Waals surface area contributed by atoms with Gasteiger partial charge in [-0.05, 0) is 57.6 Å². The number of likely N-dealkylation sites (tertiary alicyclic amines) is 1. The molecule has 0 bridgehead atoms. The lowest BCUT2D eigenvalue weighted by Gasteiger charge is -2.40. The molecule has 0 aliphatic carbocycles. The Morgan fingerprint density at radius 1 is 1.45 bits per heavy atom. The van der Waals surface area contributed by atoms with Crippen LogP contribution in [0.5, 0.6) is 0 Å². The van der Waals surface area contributed by atoms with E-state index in [9.17, 15) is 0 Å². The zero-order valence-electron chi connectivity index (χ0n) is 12.8. The minimum absolute atomic E-state index is 0.338. The lowest BCUT2D eigenvalue weighted by Crippen LogP contribution is -2.47. The maximum absolute atomic E-state index is 6.08. The summed E-state index contributed by atoms with van der Waals surface area (Å²) < 4.78 is 1.17. The molecule has 3 nitrogen and oxygen atoms in total. The Hall–Kier alpha value is -0.420. The molecule has 2 N–H and O–H groups in total. The molecule has 2 rings (SSSR count). The summed E-state index contributed by atoms with van der Waals surface area (Å²) in [6, 6.07) is 7.59. The Labute approximate surface area is 131 Å². The lowest BCUT2D eigenvalue weighted by atomic mass is 9.98. The SMILES string of the molecule is Cc1cc(C(CN)N2CCCC(N(C)C)C2)ccc1Br. The number of rotatable bonds is 4. The third-order valence-corrected chi connectivity index (χ3v) is 5.28. The normalized spacial score (nSPS) is 22.2. The molecule has 1 aliphatic heterocycles. The second kappa shape index (κ2) is 7.03. The summed E-state index contributed by atoms with van der Waals surface area (Å²) in [5.74, 6) is 0. The summed E-state index contributed by atoms with van der Waals surface area (Å²) in [5.41, 5.74) is 8.70. The van der Waals surface area contributed by atoms with E-state index in [2.05, 4.69) is 64.9 Å². The first-order chi connectivity index (χ1) is 9.52. The highest BCUT2D eigenvalue weighted by molar-refractivity contribution is 9.10. The highest BCUT2D eigenvalue weighted by Crippen LogP contribution is 2.27. The Morgan fingerprint density at radius 3 is 2.80 bits per heavy atom. The molecule has 1 heterocycles. The van der Waals surface area contributed by atoms with Gasteiger partial charge in [-0.2, -0.15) is 0 Å². The summed E-state index contributed by atoms with van der Waals surface area (Å²) in [6.45, 7) is 5.09. The van der Waals surface area contributed by atoms with Crippen molar-refractivity contribution in [2.24, 2.45) is 5.73 Å². The van der Waals surface area contributed by atoms with Crippen LogP contribution in [0.4, 0.5) is 0 Å². The van der Waals surface area contributed by atoms with Crippen molar-refractivity contribution >= 4 is 15.9 Å². The second-order valence-electron chi connectivity index (χ2n) is 6.01. The van der Waals surface area contributed by atoms with Crippen molar-refractivity contribution < 1.29 is 0 Å². The third kappa shape index (κ3) is 3.61. The van der Waals surface area contributed by atoms with Crippen molar-refractivity contribution in [3.05, 3.63) is 33.8 Å². The molecular weight excluding hydrogens is 314 g/mol. The molecule has 0 amide bonds. The Morgan fingerprint density at radius 2 is 2.20 bits per heavy atom. The number of likely N-dealkylation sites (N-methyl/N-ethyl adjacent to an activating group) is 1. The zero-order chi connectivity index (χ0) is 14.7. The molecule has 4 heteroatoms. The maximum atomic E-state index is 6.08. The largest absolute Gasteiger partial charge is 0.329 e. The van der Waals surface area contributed by atoms with E-state index in [1.54, 1.807) is 0 Å². The first kappa shape index (κ1) is 16.0. The molecule has 0 radical (unpaired) electrons. The number of benzene rings is 1. The molecule has 1 fully saturated rings. The maximum Gasteiger partial charge on any atom is 0.0471 e. The number of halogens is 1. The van der Waals surface area contributed by atoms with E-state index in [0.29, 0.717) is 18.6 Å². The molecule has 0 aromatic heterocycles. The number of hydrogen-bond acceptors (Lipinski definition) is 3. The van der Waals surface area contributed by atoms with Gasteiger partial charge in [0.2, 0.25) is 0 Å². The van der Waals surface area contributed by atoms with Gasteiger partial charge in [0.15, 0.2) is 0 Å². The number of aryl methyl sites for hydroxylation is 1. The van der Waals surface area contributed by atoms with Crippen LogP contribution in [0.1, 0.15) is 30.0 Å². The predicted octanol–water partition coefficient (Wildman–Crippen LogP) is 2.78. The van der Waals surface area contributed by atoms with Gasteiger partial charge < -0.3 is 10.6 Å². The highest BCUT2D eigenvalue weighted by atomic mass is 79.9. The van der Waals surface area contributed by atoms with E-state index in [-0.39, 0.29) is 0 Å². The first-order valence-corrected chi connectivity index (χ1v) is 8.18. The quantitative estimate of drug-likeness (QED) is 0.915. The van der Waals surface area contributed by atoms with Gasteiger partial charge in [-0.1, -0.05) is 28.1 Å². The van der Waals surface area contributed by atoms with Gasteiger partial charge >= 0.3 is 0 Å². The van der Waals surface area contributed by atoms with Gasteiger partial charge in [0.25, 0.3) is 0 Å². The number of hydrogen-bond donors (Lipinski definition) is 1. The van der Waals surface area contributed by atoms with Crippen LogP contribution in [-0.2, 0) is 0 Å². The van der Waals surface area contributed by atoms with Crippen molar-refractivity contribution in [1.29, 1.82) is 0 Å². The average molecular weight is 340 g/mol. The van der Waals surface area contributed by atoms with Gasteiger partial charge in [-0.3, -0.25) is 4.90 Å². The number of nitrogens with two attached hydrogens (primary N) is 1. The van der Waals surface area contributed by atoms with Crippen molar-refractivity contribution in [2.75, 3.05) is 33.7 Å². The lowest BCUT2D eigenvalue weighted by molar-refractivity contribution is 0.0984. The second-order valence-corrected chi connectivity index (χ2v) is 6.87. The fraction of sp³-hybridized carbons (Fsp3) is 0.625. The van der Waals surface area contributed by atoms with Crippen molar-refractivity contribution in [2.45, 2.75) is 31.8 Å². The molecule has 1 aliphatic rings. The molecule has 0 saturated carbocycles. The van der Waals surface area contributed by atoms with Crippen LogP contribution >= 0.6 is 15.9 Å². The fourth-order valence-electron chi connectivity index (χ4n) is 3.06. The molecular formula is C16H26BrN3. The standard InChI is InChI=1S/C16H26BrN3/c1-12-9-13(6-7-15(12)17)16(10-18)20-8-4-5-14(11-20)19(2)3/h6-7,9,14,16H,4-5,8,10-11,18H2,1-3H3. The van der Waals surface area contributed by atoms with E-state index < -0.39 is 0 Å². The molecule has 20 heavy (non-hydrogen) atoms. The van der Waals surface area contributed by atoms with Crippen LogP contribution in [0, 0.1) is 6.92 Å². The smallest absolute Gasteiger partial charge is 0.0471 e. The summed E-state index contributed by atoms with van der Waals surface area (Å²) in [7, 11) is 4.35. The fourth-order valence-corrected chi connectivity index (χ4v) is 3.31. The van der Waals surface area contributed by atoms with Gasteiger partial charge in [-0.25, -0.2) is 0 Å². The van der Waals surface area contributed by atoms with Crippen molar-refractivity contribution in [3.8, 4) is 0 Å². The molecule has 2 unspecified atom stereocenters. The van der Waals surface area contributed by atoms with Crippen LogP contribution in [0.2, 0.25) is 0 Å². The first-order valence-electron chi connectivity index (χ1n) is 7.39. The van der Waals surface area contributed by atoms with Crippen LogP contribution in [0.3, 0.4) is 0 Å². The molecule has 0 spiro atoms. The van der Waals surface area contributed by atoms with Gasteiger partial charge in [0.1, 0.15) is 0 Å². The van der Waals surface area contributed by atoms with E-state index in [0.717, 1.165) is 13.1 Å². The molecule has 1 saturated heterocycles. The van der Waals surface area contributed by atoms with Crippen molar-refractivity contribution in [1.82, 2.24) is 9.80 Å². The van der Waals surface area contributed by atoms with Gasteiger partial charge in [0.05, 0.1) is 0 Å². The minimum Gasteiger partial charge on any atom is -0.329 e. The molecule has 112 valence electrons. The van der Waals surface area contributed by atoms with E-state index in [4.69, 9.17) is 5.73 Å². The monoisotopic (exact) mass is 339 g/mol. The number of nitrogens with zero attached hydrogens (tertiary/aromatic N) is 2. The van der Waals surface area contributed by atoms with Crippen LogP contribution in [-0.4, -0.2) is 49.6 Å². The van der Waals surface area contributed by atoms with Crippen LogP contribution in [0.15, 0.2) is 22.7 Å². The van der Waals surface area contributed by atoms with Gasteiger partial charge in [0, 0.05) is 29.6 Å². The molecule has 2 atom stereocenters. The Balaban J connectivity index is 2.16. The third-order valence-electron chi connectivity index (χ3n) is 4.39. The van der Waals surface area contributed by atoms with E-state index in [1.807, 2.05) is 0 Å². The van der Waals surface area contributed by atoms with E-state index in [1.165, 1.54) is 28.4 Å². The van der Waals surface area contributed by atoms with E-state index >= 15 is 0 Å². The topological polar surface area (TPSA) is 32.5 Å². The van der Waals surface area contributed by atoms with Crippen molar-refractivity contribution in [3.63, 3.8) is 0 Å². The summed E-state index contributed by atoms with van der Waals surface area (Å²) >= 11 is 3.57. The van der Waals surface area contributed by atoms with Gasteiger partial charge in [-0.15, -0.1) is 0 Å². The molecule has 1 aromatic rings. The minimum atomic E-state index is 0.338. The zero-order valence-corrected chi connectivity index (χ0v) is 14.4. The summed E-state index contributed by atoms with van der Waals surface area (Å²) in [5, 5.41) is 0. The Bertz CT molecular complexity index is 447. The number of piperidine rings is 1. The predicted molar refractivity (Wildman–Crippen MR) is 89.0 cm³/mol. The van der Waals surface area contributed by atoms with Crippen LogP contribution < -0.4 is 5.73 Å². The van der Waals surface area contributed by atoms with Crippen LogP contribution in [0.25, 0.3) is 0 Å². The highest BCUT2D eigenvalue weighted by Gasteiger charge is 2.27. The Kier molecular flexibility index (Phi) is 5.61. The summed E-state index contributed by atoms with van der Waals surface area (Å²) in [6.07, 6.45) is 2.55. The molecule has 1 aromatic carbocycles. The average Bonchev–Trinajstić information content (AvgIpc) is 2.44.